The number of nitrogens with one attached hydrogen (secondary N) is 1. The van der Waals surface area contributed by atoms with E-state index in [0.29, 0.717) is 12.4 Å². The first-order valence-corrected chi connectivity index (χ1v) is 10.0. The van der Waals surface area contributed by atoms with Gasteiger partial charge >= 0.3 is 0 Å². The number of anilines is 1. The van der Waals surface area contributed by atoms with Crippen LogP contribution in [0.5, 0.6) is 0 Å². The Labute approximate surface area is 160 Å². The van der Waals surface area contributed by atoms with Crippen molar-refractivity contribution in [3.05, 3.63) is 82.0 Å². The van der Waals surface area contributed by atoms with E-state index in [1.54, 1.807) is 10.7 Å². The van der Waals surface area contributed by atoms with Crippen LogP contribution in [0, 0.1) is 10.1 Å². The first kappa shape index (κ1) is 19.2. The Morgan fingerprint density at radius 1 is 1.18 bits per heavy atom. The van der Waals surface area contributed by atoms with Crippen LogP contribution < -0.4 is 5.32 Å². The Morgan fingerprint density at radius 2 is 1.89 bits per heavy atom. The molecule has 0 atom stereocenters. The van der Waals surface area contributed by atoms with Gasteiger partial charge in [-0.15, -0.1) is 0 Å². The molecule has 9 nitrogen and oxygen atoms in total. The maximum absolute atomic E-state index is 12.5. The summed E-state index contributed by atoms with van der Waals surface area (Å²) in [5.74, 6) is -0.207. The Balaban J connectivity index is 1.86. The van der Waals surface area contributed by atoms with Gasteiger partial charge in [0.15, 0.2) is 9.84 Å². The van der Waals surface area contributed by atoms with E-state index in [1.807, 2.05) is 30.3 Å². The molecule has 0 unspecified atom stereocenters. The molecule has 0 aliphatic carbocycles. The number of aromatic nitrogens is 2. The molecule has 1 heterocycles. The van der Waals surface area contributed by atoms with Crippen molar-refractivity contribution in [3.8, 4) is 0 Å². The fraction of sp³-hybridized carbons (Fsp3) is 0.111. The molecule has 1 N–H and O–H groups in total. The molecule has 28 heavy (non-hydrogen) atoms. The largest absolute Gasteiger partial charge is 0.307 e. The van der Waals surface area contributed by atoms with Gasteiger partial charge in [-0.25, -0.2) is 13.1 Å². The molecule has 0 radical (unpaired) electrons. The summed E-state index contributed by atoms with van der Waals surface area (Å²) in [6.45, 7) is 0.427. The van der Waals surface area contributed by atoms with Crippen LogP contribution in [0.25, 0.3) is 0 Å². The van der Waals surface area contributed by atoms with Gasteiger partial charge in [-0.1, -0.05) is 30.3 Å². The van der Waals surface area contributed by atoms with Crippen molar-refractivity contribution in [1.29, 1.82) is 0 Å². The summed E-state index contributed by atoms with van der Waals surface area (Å²) in [5.41, 5.74) is 0.300. The first-order chi connectivity index (χ1) is 13.3. The molecule has 0 spiro atoms. The second-order valence-corrected chi connectivity index (χ2v) is 8.01. The number of nitro groups is 1. The summed E-state index contributed by atoms with van der Waals surface area (Å²) < 4.78 is 25.0. The summed E-state index contributed by atoms with van der Waals surface area (Å²) in [6, 6.07) is 14.3. The van der Waals surface area contributed by atoms with Gasteiger partial charge in [0.05, 0.1) is 17.7 Å². The number of carbonyl (C=O) groups excluding carboxylic acids is 1. The zero-order valence-corrected chi connectivity index (χ0v) is 15.6. The molecule has 144 valence electrons. The second-order valence-electron chi connectivity index (χ2n) is 6.03. The molecular formula is C18H16N4O5S. The molecule has 2 aromatic carbocycles. The molecule has 10 heteroatoms. The van der Waals surface area contributed by atoms with E-state index in [1.165, 1.54) is 12.3 Å². The third-order valence-corrected chi connectivity index (χ3v) is 5.09. The molecule has 0 bridgehead atoms. The van der Waals surface area contributed by atoms with Crippen LogP contribution in [0.15, 0.2) is 65.7 Å². The normalized spacial score (nSPS) is 11.2. The van der Waals surface area contributed by atoms with Crippen molar-refractivity contribution in [3.63, 3.8) is 0 Å². The Kier molecular flexibility index (Phi) is 5.23. The quantitative estimate of drug-likeness (QED) is 0.501. The van der Waals surface area contributed by atoms with Crippen LogP contribution in [0.4, 0.5) is 11.5 Å². The average Bonchev–Trinajstić information content (AvgIpc) is 3.08. The van der Waals surface area contributed by atoms with Crippen LogP contribution in [-0.4, -0.2) is 35.3 Å². The third kappa shape index (κ3) is 4.23. The fourth-order valence-corrected chi connectivity index (χ4v) is 3.45. The van der Waals surface area contributed by atoms with E-state index in [2.05, 4.69) is 10.4 Å². The zero-order chi connectivity index (χ0) is 20.3. The number of amides is 1. The lowest BCUT2D eigenvalue weighted by Gasteiger charge is -2.10. The predicted molar refractivity (Wildman–Crippen MR) is 102 cm³/mol. The first-order valence-electron chi connectivity index (χ1n) is 8.11. The lowest BCUT2D eigenvalue weighted by molar-refractivity contribution is -0.387. The maximum Gasteiger partial charge on any atom is 0.288 e. The topological polar surface area (TPSA) is 124 Å². The summed E-state index contributed by atoms with van der Waals surface area (Å²) in [5, 5.41) is 18.0. The molecule has 1 aromatic heterocycles. The lowest BCUT2D eigenvalue weighted by atomic mass is 10.2. The summed E-state index contributed by atoms with van der Waals surface area (Å²) in [4.78, 5) is 22.5. The van der Waals surface area contributed by atoms with Gasteiger partial charge in [0.2, 0.25) is 0 Å². The van der Waals surface area contributed by atoms with E-state index in [0.717, 1.165) is 24.0 Å². The summed E-state index contributed by atoms with van der Waals surface area (Å²) in [7, 11) is -3.80. The highest BCUT2D eigenvalue weighted by molar-refractivity contribution is 7.90. The number of nitro benzene ring substituents is 1. The minimum absolute atomic E-state index is 0.0356. The van der Waals surface area contributed by atoms with E-state index < -0.39 is 31.3 Å². The molecular weight excluding hydrogens is 384 g/mol. The van der Waals surface area contributed by atoms with E-state index in [9.17, 15) is 23.3 Å². The molecule has 1 amide bonds. The van der Waals surface area contributed by atoms with Crippen LogP contribution in [0.1, 0.15) is 15.9 Å². The number of carbonyl (C=O) groups is 1. The number of benzene rings is 2. The molecule has 0 saturated heterocycles. The Morgan fingerprint density at radius 3 is 2.54 bits per heavy atom. The van der Waals surface area contributed by atoms with E-state index >= 15 is 0 Å². The summed E-state index contributed by atoms with van der Waals surface area (Å²) in [6.07, 6.45) is 2.39. The van der Waals surface area contributed by atoms with Crippen molar-refractivity contribution in [1.82, 2.24) is 9.78 Å². The Hall–Kier alpha value is -3.53. The smallest absolute Gasteiger partial charge is 0.288 e. The van der Waals surface area contributed by atoms with Crippen LogP contribution in [0.2, 0.25) is 0 Å². The lowest BCUT2D eigenvalue weighted by Crippen LogP contribution is -2.17. The Bertz CT molecular complexity index is 1140. The average molecular weight is 400 g/mol. The second kappa shape index (κ2) is 7.61. The number of nitrogens with zero attached hydrogens (tertiary/aromatic N) is 3. The van der Waals surface area contributed by atoms with E-state index in [-0.39, 0.29) is 5.56 Å². The van der Waals surface area contributed by atoms with Gasteiger partial charge in [-0.2, -0.15) is 5.10 Å². The maximum atomic E-state index is 12.5. The van der Waals surface area contributed by atoms with Crippen molar-refractivity contribution < 1.29 is 18.1 Å². The highest BCUT2D eigenvalue weighted by atomic mass is 32.2. The van der Waals surface area contributed by atoms with Crippen molar-refractivity contribution >= 4 is 27.2 Å². The molecule has 3 rings (SSSR count). The molecule has 0 fully saturated rings. The highest BCUT2D eigenvalue weighted by Gasteiger charge is 2.24. The predicted octanol–water partition coefficient (Wildman–Crippen LogP) is 2.50. The molecule has 3 aromatic rings. The van der Waals surface area contributed by atoms with Gasteiger partial charge in [0.1, 0.15) is 10.7 Å². The SMILES string of the molecule is CS(=O)(=O)c1ccc(C(=O)Nc2ccnn2Cc2ccccc2)cc1[N+](=O)[O-]. The van der Waals surface area contributed by atoms with Crippen LogP contribution in [0.3, 0.4) is 0 Å². The minimum Gasteiger partial charge on any atom is -0.307 e. The van der Waals surface area contributed by atoms with Gasteiger partial charge in [0.25, 0.3) is 11.6 Å². The van der Waals surface area contributed by atoms with Gasteiger partial charge in [-0.05, 0) is 17.7 Å². The van der Waals surface area contributed by atoms with Crippen LogP contribution in [-0.2, 0) is 16.4 Å². The van der Waals surface area contributed by atoms with Crippen molar-refractivity contribution in [2.75, 3.05) is 11.6 Å². The highest BCUT2D eigenvalue weighted by Crippen LogP contribution is 2.25. The van der Waals surface area contributed by atoms with Crippen molar-refractivity contribution in [2.24, 2.45) is 0 Å². The molecule has 0 saturated carbocycles. The molecule has 0 aliphatic heterocycles. The standard InChI is InChI=1S/C18H16N4O5S/c1-28(26,27)16-8-7-14(11-15(16)22(24)25)18(23)20-17-9-10-19-21(17)12-13-5-3-2-4-6-13/h2-11H,12H2,1H3,(H,20,23). The third-order valence-electron chi connectivity index (χ3n) is 3.95. The van der Waals surface area contributed by atoms with Crippen LogP contribution >= 0.6 is 0 Å². The van der Waals surface area contributed by atoms with Gasteiger partial charge in [0, 0.05) is 24.0 Å². The number of hydrogen-bond donors (Lipinski definition) is 1. The summed E-state index contributed by atoms with van der Waals surface area (Å²) >= 11 is 0. The van der Waals surface area contributed by atoms with Gasteiger partial charge in [-0.3, -0.25) is 14.9 Å². The number of rotatable bonds is 6. The van der Waals surface area contributed by atoms with E-state index in [4.69, 9.17) is 0 Å². The zero-order valence-electron chi connectivity index (χ0n) is 14.8. The molecule has 0 aliphatic rings. The fourth-order valence-electron chi connectivity index (χ4n) is 2.62. The minimum atomic E-state index is -3.80. The number of hydrogen-bond acceptors (Lipinski definition) is 6. The monoisotopic (exact) mass is 400 g/mol. The van der Waals surface area contributed by atoms with Crippen molar-refractivity contribution in [2.45, 2.75) is 11.4 Å². The number of sulfone groups is 1. The van der Waals surface area contributed by atoms with Gasteiger partial charge < -0.3 is 5.32 Å².